The van der Waals surface area contributed by atoms with Crippen molar-refractivity contribution < 1.29 is 9.53 Å². The van der Waals surface area contributed by atoms with Gasteiger partial charge in [0.15, 0.2) is 0 Å². The molecule has 0 aromatic heterocycles. The Hall–Kier alpha value is -2.97. The third-order valence-electron chi connectivity index (χ3n) is 3.33. The standard InChI is InChI=1S/C18H16ClN3O2/c1-12-16(19)7-4-8-17(12)22-18(23)13(10-20)11-21-14-5-3-6-15(9-14)24-2/h3-9,11,21H,1-2H3,(H,22,23)/b13-11-. The number of nitrogens with zero attached hydrogens (tertiary/aromatic N) is 1. The van der Waals surface area contributed by atoms with Crippen molar-refractivity contribution in [2.75, 3.05) is 17.7 Å². The summed E-state index contributed by atoms with van der Waals surface area (Å²) in [4.78, 5) is 12.2. The number of nitriles is 1. The predicted octanol–water partition coefficient (Wildman–Crippen LogP) is 4.12. The smallest absolute Gasteiger partial charge is 0.267 e. The summed E-state index contributed by atoms with van der Waals surface area (Å²) in [6.07, 6.45) is 1.35. The van der Waals surface area contributed by atoms with Crippen molar-refractivity contribution >= 4 is 28.9 Å². The van der Waals surface area contributed by atoms with Crippen molar-refractivity contribution in [1.29, 1.82) is 5.26 Å². The molecular formula is C18H16ClN3O2. The lowest BCUT2D eigenvalue weighted by Gasteiger charge is -2.09. The van der Waals surface area contributed by atoms with E-state index in [4.69, 9.17) is 16.3 Å². The Morgan fingerprint density at radius 2 is 2.04 bits per heavy atom. The van der Waals surface area contributed by atoms with E-state index in [0.29, 0.717) is 22.1 Å². The molecule has 0 saturated heterocycles. The van der Waals surface area contributed by atoms with Crippen LogP contribution in [0.2, 0.25) is 5.02 Å². The number of carbonyl (C=O) groups is 1. The Morgan fingerprint density at radius 3 is 2.75 bits per heavy atom. The molecule has 6 heteroatoms. The van der Waals surface area contributed by atoms with E-state index in [1.165, 1.54) is 6.20 Å². The summed E-state index contributed by atoms with van der Waals surface area (Å²) in [5.41, 5.74) is 1.95. The molecule has 5 nitrogen and oxygen atoms in total. The average molecular weight is 342 g/mol. The number of rotatable bonds is 5. The molecular weight excluding hydrogens is 326 g/mol. The van der Waals surface area contributed by atoms with Gasteiger partial charge in [-0.1, -0.05) is 23.7 Å². The summed E-state index contributed by atoms with van der Waals surface area (Å²) in [5.74, 6) is 0.157. The van der Waals surface area contributed by atoms with Crippen LogP contribution in [-0.2, 0) is 4.79 Å². The van der Waals surface area contributed by atoms with Crippen LogP contribution in [0, 0.1) is 18.3 Å². The maximum Gasteiger partial charge on any atom is 0.267 e. The van der Waals surface area contributed by atoms with Gasteiger partial charge >= 0.3 is 0 Å². The van der Waals surface area contributed by atoms with Gasteiger partial charge in [-0.2, -0.15) is 5.26 Å². The lowest BCUT2D eigenvalue weighted by Crippen LogP contribution is -2.15. The van der Waals surface area contributed by atoms with E-state index in [0.717, 1.165) is 5.56 Å². The van der Waals surface area contributed by atoms with Crippen LogP contribution in [-0.4, -0.2) is 13.0 Å². The number of carbonyl (C=O) groups excluding carboxylic acids is 1. The van der Waals surface area contributed by atoms with Gasteiger partial charge in [-0.25, -0.2) is 0 Å². The van der Waals surface area contributed by atoms with Crippen molar-refractivity contribution in [2.24, 2.45) is 0 Å². The van der Waals surface area contributed by atoms with Crippen molar-refractivity contribution in [2.45, 2.75) is 6.92 Å². The van der Waals surface area contributed by atoms with E-state index in [9.17, 15) is 10.1 Å². The molecule has 0 saturated carbocycles. The highest BCUT2D eigenvalue weighted by atomic mass is 35.5. The Balaban J connectivity index is 2.13. The molecule has 0 aliphatic carbocycles. The molecule has 0 unspecified atom stereocenters. The molecule has 2 N–H and O–H groups in total. The molecule has 0 aliphatic rings. The first-order valence-electron chi connectivity index (χ1n) is 7.12. The number of benzene rings is 2. The van der Waals surface area contributed by atoms with Crippen LogP contribution in [0.5, 0.6) is 5.75 Å². The Kier molecular flexibility index (Phi) is 5.83. The first kappa shape index (κ1) is 17.4. The molecule has 0 heterocycles. The lowest BCUT2D eigenvalue weighted by molar-refractivity contribution is -0.112. The van der Waals surface area contributed by atoms with Gasteiger partial charge in [-0.05, 0) is 36.8 Å². The van der Waals surface area contributed by atoms with Crippen LogP contribution in [0.1, 0.15) is 5.56 Å². The second-order valence-electron chi connectivity index (χ2n) is 4.91. The number of ether oxygens (including phenoxy) is 1. The fraction of sp³-hybridized carbons (Fsp3) is 0.111. The fourth-order valence-electron chi connectivity index (χ4n) is 1.95. The monoisotopic (exact) mass is 341 g/mol. The van der Waals surface area contributed by atoms with Gasteiger partial charge in [-0.15, -0.1) is 0 Å². The first-order valence-corrected chi connectivity index (χ1v) is 7.50. The van der Waals surface area contributed by atoms with Crippen LogP contribution in [0.15, 0.2) is 54.2 Å². The molecule has 122 valence electrons. The minimum absolute atomic E-state index is 0.0582. The highest BCUT2D eigenvalue weighted by Crippen LogP contribution is 2.23. The van der Waals surface area contributed by atoms with E-state index < -0.39 is 5.91 Å². The zero-order valence-electron chi connectivity index (χ0n) is 13.3. The summed E-state index contributed by atoms with van der Waals surface area (Å²) in [6, 6.07) is 14.2. The predicted molar refractivity (Wildman–Crippen MR) is 95.1 cm³/mol. The third-order valence-corrected chi connectivity index (χ3v) is 3.74. The molecule has 0 aliphatic heterocycles. The molecule has 0 bridgehead atoms. The molecule has 2 rings (SSSR count). The zero-order valence-corrected chi connectivity index (χ0v) is 14.0. The summed E-state index contributed by atoms with van der Waals surface area (Å²) >= 11 is 6.03. The largest absolute Gasteiger partial charge is 0.497 e. The van der Waals surface area contributed by atoms with E-state index >= 15 is 0 Å². The lowest BCUT2D eigenvalue weighted by atomic mass is 10.2. The van der Waals surface area contributed by atoms with Crippen molar-refractivity contribution in [3.05, 3.63) is 64.8 Å². The topological polar surface area (TPSA) is 74.1 Å². The van der Waals surface area contributed by atoms with Crippen LogP contribution in [0.3, 0.4) is 0 Å². The van der Waals surface area contributed by atoms with Crippen LogP contribution < -0.4 is 15.4 Å². The number of methoxy groups -OCH3 is 1. The van der Waals surface area contributed by atoms with Crippen LogP contribution >= 0.6 is 11.6 Å². The number of halogens is 1. The molecule has 0 fully saturated rings. The van der Waals surface area contributed by atoms with Gasteiger partial charge in [0.25, 0.3) is 5.91 Å². The molecule has 2 aromatic rings. The van der Waals surface area contributed by atoms with Crippen LogP contribution in [0.25, 0.3) is 0 Å². The highest BCUT2D eigenvalue weighted by molar-refractivity contribution is 6.31. The Bertz CT molecular complexity index is 825. The van der Waals surface area contributed by atoms with Crippen molar-refractivity contribution in [3.63, 3.8) is 0 Å². The maximum atomic E-state index is 12.2. The van der Waals surface area contributed by atoms with Gasteiger partial charge in [0.05, 0.1) is 7.11 Å². The van der Waals surface area contributed by atoms with Crippen molar-refractivity contribution in [1.82, 2.24) is 0 Å². The van der Waals surface area contributed by atoms with E-state index in [1.807, 2.05) is 6.07 Å². The third kappa shape index (κ3) is 4.28. The van der Waals surface area contributed by atoms with E-state index in [2.05, 4.69) is 10.6 Å². The Morgan fingerprint density at radius 1 is 1.29 bits per heavy atom. The average Bonchev–Trinajstić information content (AvgIpc) is 2.59. The van der Waals surface area contributed by atoms with Gasteiger partial charge in [-0.3, -0.25) is 4.79 Å². The van der Waals surface area contributed by atoms with Gasteiger partial charge in [0.1, 0.15) is 17.4 Å². The minimum Gasteiger partial charge on any atom is -0.497 e. The quantitative estimate of drug-likeness (QED) is 0.634. The summed E-state index contributed by atoms with van der Waals surface area (Å²) in [7, 11) is 1.57. The van der Waals surface area contributed by atoms with Crippen LogP contribution in [0.4, 0.5) is 11.4 Å². The van der Waals surface area contributed by atoms with Gasteiger partial charge < -0.3 is 15.4 Å². The normalized spacial score (nSPS) is 10.7. The summed E-state index contributed by atoms with van der Waals surface area (Å²) in [5, 5.41) is 15.3. The Labute approximate surface area is 145 Å². The molecule has 0 spiro atoms. The first-order chi connectivity index (χ1) is 11.5. The SMILES string of the molecule is COc1cccc(N/C=C(/C#N)C(=O)Nc2cccc(Cl)c2C)c1. The number of hydrogen-bond donors (Lipinski definition) is 2. The fourth-order valence-corrected chi connectivity index (χ4v) is 2.12. The molecule has 24 heavy (non-hydrogen) atoms. The van der Waals surface area contributed by atoms with Gasteiger partial charge in [0, 0.05) is 28.7 Å². The number of anilines is 2. The van der Waals surface area contributed by atoms with Crippen molar-refractivity contribution in [3.8, 4) is 11.8 Å². The molecule has 0 atom stereocenters. The summed E-state index contributed by atoms with van der Waals surface area (Å²) < 4.78 is 5.12. The number of hydrogen-bond acceptors (Lipinski definition) is 4. The second kappa shape index (κ2) is 8.04. The maximum absolute atomic E-state index is 12.2. The van der Waals surface area contributed by atoms with E-state index in [1.54, 1.807) is 56.5 Å². The van der Waals surface area contributed by atoms with Gasteiger partial charge in [0.2, 0.25) is 0 Å². The number of amides is 1. The zero-order chi connectivity index (χ0) is 17.5. The molecule has 1 amide bonds. The number of nitrogens with one attached hydrogen (secondary N) is 2. The minimum atomic E-state index is -0.515. The second-order valence-corrected chi connectivity index (χ2v) is 5.32. The molecule has 2 aromatic carbocycles. The molecule has 0 radical (unpaired) electrons. The van der Waals surface area contributed by atoms with E-state index in [-0.39, 0.29) is 5.57 Å². The summed E-state index contributed by atoms with van der Waals surface area (Å²) in [6.45, 7) is 1.79. The highest BCUT2D eigenvalue weighted by Gasteiger charge is 2.11.